The first-order valence-electron chi connectivity index (χ1n) is 12.6. The minimum absolute atomic E-state index is 0.220. The number of rotatable bonds is 12. The van der Waals surface area contributed by atoms with Crippen LogP contribution in [0.4, 0.5) is 5.69 Å². The summed E-state index contributed by atoms with van der Waals surface area (Å²) >= 11 is 6.14. The highest BCUT2D eigenvalue weighted by atomic mass is 35.5. The SMILES string of the molecule is CCOc1cc(C(=O)N/N=C/c2cc(Cl)ccc2OCC(=O)Nc2ccccc2)ccc1OCc1ccccc1. The molecule has 0 bridgehead atoms. The Morgan fingerprint density at radius 3 is 2.30 bits per heavy atom. The third-order valence-corrected chi connectivity index (χ3v) is 5.74. The van der Waals surface area contributed by atoms with E-state index < -0.39 is 5.91 Å². The molecular weight excluding hydrogens is 530 g/mol. The van der Waals surface area contributed by atoms with Crippen LogP contribution >= 0.6 is 11.6 Å². The molecule has 0 aliphatic carbocycles. The Balaban J connectivity index is 1.38. The number of halogens is 1. The molecule has 40 heavy (non-hydrogen) atoms. The molecule has 2 N–H and O–H groups in total. The Bertz CT molecular complexity index is 1460. The minimum Gasteiger partial charge on any atom is -0.490 e. The van der Waals surface area contributed by atoms with E-state index in [2.05, 4.69) is 15.8 Å². The van der Waals surface area contributed by atoms with Crippen LogP contribution in [-0.2, 0) is 11.4 Å². The number of carbonyl (C=O) groups is 2. The van der Waals surface area contributed by atoms with E-state index in [1.165, 1.54) is 6.21 Å². The van der Waals surface area contributed by atoms with E-state index in [1.807, 2.05) is 55.5 Å². The van der Waals surface area contributed by atoms with Crippen molar-refractivity contribution in [1.29, 1.82) is 0 Å². The van der Waals surface area contributed by atoms with Crippen LogP contribution in [-0.4, -0.2) is 31.2 Å². The molecule has 204 valence electrons. The number of benzene rings is 4. The average Bonchev–Trinajstić information content (AvgIpc) is 2.97. The van der Waals surface area contributed by atoms with Gasteiger partial charge in [0.15, 0.2) is 18.1 Å². The van der Waals surface area contributed by atoms with Crippen LogP contribution < -0.4 is 25.0 Å². The molecule has 2 amide bonds. The van der Waals surface area contributed by atoms with Crippen LogP contribution in [0.5, 0.6) is 17.2 Å². The van der Waals surface area contributed by atoms with Gasteiger partial charge in [-0.15, -0.1) is 0 Å². The smallest absolute Gasteiger partial charge is 0.271 e. The highest BCUT2D eigenvalue weighted by molar-refractivity contribution is 6.30. The third kappa shape index (κ3) is 8.34. The van der Waals surface area contributed by atoms with Gasteiger partial charge in [0.05, 0.1) is 12.8 Å². The molecule has 0 saturated heterocycles. The molecule has 9 heteroatoms. The molecule has 4 aromatic carbocycles. The van der Waals surface area contributed by atoms with E-state index in [1.54, 1.807) is 48.5 Å². The van der Waals surface area contributed by atoms with E-state index in [4.69, 9.17) is 25.8 Å². The molecule has 4 rings (SSSR count). The quantitative estimate of drug-likeness (QED) is 0.162. The van der Waals surface area contributed by atoms with Crippen molar-refractivity contribution >= 4 is 35.3 Å². The van der Waals surface area contributed by atoms with Gasteiger partial charge < -0.3 is 19.5 Å². The summed E-state index contributed by atoms with van der Waals surface area (Å²) < 4.78 is 17.3. The predicted octanol–water partition coefficient (Wildman–Crippen LogP) is 6.10. The summed E-state index contributed by atoms with van der Waals surface area (Å²) in [4.78, 5) is 25.1. The summed E-state index contributed by atoms with van der Waals surface area (Å²) in [5.74, 6) is 0.596. The lowest BCUT2D eigenvalue weighted by Crippen LogP contribution is -2.20. The molecule has 0 heterocycles. The van der Waals surface area contributed by atoms with Gasteiger partial charge in [-0.1, -0.05) is 60.1 Å². The minimum atomic E-state index is -0.446. The van der Waals surface area contributed by atoms with E-state index >= 15 is 0 Å². The van der Waals surface area contributed by atoms with Gasteiger partial charge in [-0.05, 0) is 61.0 Å². The number of hydrazone groups is 1. The van der Waals surface area contributed by atoms with Crippen LogP contribution in [0.2, 0.25) is 5.02 Å². The number of carbonyl (C=O) groups excluding carboxylic acids is 2. The summed E-state index contributed by atoms with van der Waals surface area (Å²) in [6.07, 6.45) is 1.40. The summed E-state index contributed by atoms with van der Waals surface area (Å²) in [7, 11) is 0. The summed E-state index contributed by atoms with van der Waals surface area (Å²) in [6.45, 7) is 2.41. The Labute approximate surface area is 237 Å². The van der Waals surface area contributed by atoms with Gasteiger partial charge in [-0.2, -0.15) is 5.10 Å². The van der Waals surface area contributed by atoms with Gasteiger partial charge in [-0.25, -0.2) is 5.43 Å². The zero-order valence-corrected chi connectivity index (χ0v) is 22.6. The largest absolute Gasteiger partial charge is 0.490 e. The molecule has 0 aliphatic rings. The van der Waals surface area contributed by atoms with E-state index in [0.29, 0.717) is 52.3 Å². The maximum atomic E-state index is 12.8. The Hall–Kier alpha value is -4.82. The number of anilines is 1. The van der Waals surface area contributed by atoms with Crippen molar-refractivity contribution in [3.63, 3.8) is 0 Å². The maximum absolute atomic E-state index is 12.8. The second kappa shape index (κ2) is 14.4. The maximum Gasteiger partial charge on any atom is 0.271 e. The van der Waals surface area contributed by atoms with Gasteiger partial charge in [0.1, 0.15) is 12.4 Å². The molecule has 0 saturated carbocycles. The monoisotopic (exact) mass is 557 g/mol. The van der Waals surface area contributed by atoms with E-state index in [0.717, 1.165) is 5.56 Å². The fourth-order valence-electron chi connectivity index (χ4n) is 3.61. The molecule has 8 nitrogen and oxygen atoms in total. The standard InChI is InChI=1S/C31H28ClN3O5/c1-2-38-29-18-23(13-15-28(29)39-20-22-9-5-3-6-10-22)31(37)35-33-19-24-17-25(32)14-16-27(24)40-21-30(36)34-26-11-7-4-8-12-26/h3-19H,2,20-21H2,1H3,(H,34,36)(H,35,37)/b33-19+. The van der Waals surface area contributed by atoms with Gasteiger partial charge in [0.2, 0.25) is 0 Å². The molecule has 0 radical (unpaired) electrons. The molecule has 0 aliphatic heterocycles. The normalized spacial score (nSPS) is 10.7. The molecule has 0 spiro atoms. The van der Waals surface area contributed by atoms with Crippen LogP contribution in [0.3, 0.4) is 0 Å². The van der Waals surface area contributed by atoms with E-state index in [9.17, 15) is 9.59 Å². The molecule has 4 aromatic rings. The number of nitrogens with one attached hydrogen (secondary N) is 2. The van der Waals surface area contributed by atoms with Crippen LogP contribution in [0.1, 0.15) is 28.4 Å². The van der Waals surface area contributed by atoms with Crippen LogP contribution in [0, 0.1) is 0 Å². The number of nitrogens with zero attached hydrogens (tertiary/aromatic N) is 1. The zero-order valence-electron chi connectivity index (χ0n) is 21.8. The molecule has 0 unspecified atom stereocenters. The fraction of sp³-hybridized carbons (Fsp3) is 0.129. The number of hydrogen-bond donors (Lipinski definition) is 2. The van der Waals surface area contributed by atoms with Crippen LogP contribution in [0.25, 0.3) is 0 Å². The van der Waals surface area contributed by atoms with Crippen molar-refractivity contribution in [3.8, 4) is 17.2 Å². The molecule has 0 aromatic heterocycles. The molecule has 0 fully saturated rings. The Kier molecular flexibility index (Phi) is 10.1. The number of hydrogen-bond acceptors (Lipinski definition) is 6. The van der Waals surface area contributed by atoms with Gasteiger partial charge in [-0.3, -0.25) is 9.59 Å². The Morgan fingerprint density at radius 2 is 1.55 bits per heavy atom. The fourth-order valence-corrected chi connectivity index (χ4v) is 3.79. The number of para-hydroxylation sites is 1. The average molecular weight is 558 g/mol. The molecular formula is C31H28ClN3O5. The first kappa shape index (κ1) is 28.2. The van der Waals surface area contributed by atoms with Crippen molar-refractivity contribution in [2.24, 2.45) is 5.10 Å². The lowest BCUT2D eigenvalue weighted by atomic mass is 10.2. The highest BCUT2D eigenvalue weighted by Crippen LogP contribution is 2.29. The number of amides is 2. The van der Waals surface area contributed by atoms with Crippen molar-refractivity contribution in [1.82, 2.24) is 5.43 Å². The third-order valence-electron chi connectivity index (χ3n) is 5.50. The first-order valence-corrected chi connectivity index (χ1v) is 12.9. The van der Waals surface area contributed by atoms with Crippen molar-refractivity contribution < 1.29 is 23.8 Å². The van der Waals surface area contributed by atoms with E-state index in [-0.39, 0.29) is 12.5 Å². The second-order valence-corrected chi connectivity index (χ2v) is 8.89. The highest BCUT2D eigenvalue weighted by Gasteiger charge is 2.12. The van der Waals surface area contributed by atoms with Crippen LogP contribution in [0.15, 0.2) is 102 Å². The lowest BCUT2D eigenvalue weighted by Gasteiger charge is -2.13. The summed E-state index contributed by atoms with van der Waals surface area (Å²) in [5, 5.41) is 7.25. The predicted molar refractivity (Wildman–Crippen MR) is 155 cm³/mol. The zero-order chi connectivity index (χ0) is 28.2. The van der Waals surface area contributed by atoms with Crippen molar-refractivity contribution in [2.75, 3.05) is 18.5 Å². The first-order chi connectivity index (χ1) is 19.5. The van der Waals surface area contributed by atoms with Crippen molar-refractivity contribution in [3.05, 3.63) is 119 Å². The molecule has 0 atom stereocenters. The number of ether oxygens (including phenoxy) is 3. The lowest BCUT2D eigenvalue weighted by molar-refractivity contribution is -0.118. The van der Waals surface area contributed by atoms with Gasteiger partial charge in [0.25, 0.3) is 11.8 Å². The summed E-state index contributed by atoms with van der Waals surface area (Å²) in [5.41, 5.74) is 5.00. The Morgan fingerprint density at radius 1 is 0.825 bits per heavy atom. The van der Waals surface area contributed by atoms with Gasteiger partial charge in [0, 0.05) is 21.8 Å². The second-order valence-electron chi connectivity index (χ2n) is 8.45. The van der Waals surface area contributed by atoms with Crippen molar-refractivity contribution in [2.45, 2.75) is 13.5 Å². The van der Waals surface area contributed by atoms with Gasteiger partial charge >= 0.3 is 0 Å². The summed E-state index contributed by atoms with van der Waals surface area (Å²) in [6, 6.07) is 28.6. The topological polar surface area (TPSA) is 98.3 Å².